The smallest absolute Gasteiger partial charge is 0.318 e. The molecule has 2 N–H and O–H groups in total. The number of urea groups is 1. The monoisotopic (exact) mass is 334 g/mol. The lowest BCUT2D eigenvalue weighted by atomic mass is 10.0. The van der Waals surface area contributed by atoms with Crippen molar-refractivity contribution in [2.45, 2.75) is 58.7 Å². The zero-order valence-electron chi connectivity index (χ0n) is 15.2. The number of benzene rings is 1. The summed E-state index contributed by atoms with van der Waals surface area (Å²) >= 11 is 0. The first-order valence-corrected chi connectivity index (χ1v) is 8.75. The highest BCUT2D eigenvalue weighted by Crippen LogP contribution is 2.14. The maximum atomic E-state index is 12.6. The van der Waals surface area contributed by atoms with E-state index >= 15 is 0 Å². The second kappa shape index (κ2) is 8.49. The van der Waals surface area contributed by atoms with Crippen molar-refractivity contribution in [2.24, 2.45) is 0 Å². The van der Waals surface area contributed by atoms with Crippen molar-refractivity contribution in [1.82, 2.24) is 10.2 Å². The summed E-state index contributed by atoms with van der Waals surface area (Å²) in [7, 11) is 0. The molecule has 0 aliphatic carbocycles. The van der Waals surface area contributed by atoms with Gasteiger partial charge < -0.3 is 20.1 Å². The third-order valence-electron chi connectivity index (χ3n) is 4.29. The number of nitrogens with one attached hydrogen (secondary N) is 1. The van der Waals surface area contributed by atoms with Crippen molar-refractivity contribution in [3.05, 3.63) is 34.9 Å². The fourth-order valence-corrected chi connectivity index (χ4v) is 3.40. The van der Waals surface area contributed by atoms with Gasteiger partial charge in [0.1, 0.15) is 0 Å². The van der Waals surface area contributed by atoms with E-state index in [9.17, 15) is 9.90 Å². The summed E-state index contributed by atoms with van der Waals surface area (Å²) in [6.45, 7) is 9.56. The minimum atomic E-state index is -0.445. The van der Waals surface area contributed by atoms with Crippen molar-refractivity contribution >= 4 is 6.03 Å². The van der Waals surface area contributed by atoms with Gasteiger partial charge in [-0.3, -0.25) is 0 Å². The maximum absolute atomic E-state index is 12.6. The molecule has 1 fully saturated rings. The van der Waals surface area contributed by atoms with E-state index in [-0.39, 0.29) is 18.1 Å². The number of amides is 2. The highest BCUT2D eigenvalue weighted by atomic mass is 16.5. The summed E-state index contributed by atoms with van der Waals surface area (Å²) < 4.78 is 5.46. The van der Waals surface area contributed by atoms with Gasteiger partial charge in [0.05, 0.1) is 25.4 Å². The van der Waals surface area contributed by atoms with Crippen LogP contribution in [0.25, 0.3) is 0 Å². The van der Waals surface area contributed by atoms with Gasteiger partial charge in [-0.1, -0.05) is 29.3 Å². The number of nitrogens with zero attached hydrogens (tertiary/aromatic N) is 1. The van der Waals surface area contributed by atoms with Crippen LogP contribution in [-0.2, 0) is 11.2 Å². The molecule has 1 heterocycles. The molecule has 5 heteroatoms. The molecule has 3 unspecified atom stereocenters. The molecule has 1 aromatic carbocycles. The van der Waals surface area contributed by atoms with Crippen molar-refractivity contribution in [3.63, 3.8) is 0 Å². The number of hydrogen-bond donors (Lipinski definition) is 2. The Hall–Kier alpha value is -1.59. The molecule has 2 rings (SSSR count). The Balaban J connectivity index is 1.94. The van der Waals surface area contributed by atoms with Crippen LogP contribution in [0.4, 0.5) is 4.79 Å². The van der Waals surface area contributed by atoms with Gasteiger partial charge in [-0.05, 0) is 46.1 Å². The van der Waals surface area contributed by atoms with Crippen molar-refractivity contribution in [1.29, 1.82) is 0 Å². The first kappa shape index (κ1) is 18.7. The van der Waals surface area contributed by atoms with Crippen molar-refractivity contribution in [2.75, 3.05) is 19.8 Å². The largest absolute Gasteiger partial charge is 0.393 e. The van der Waals surface area contributed by atoms with Gasteiger partial charge in [0, 0.05) is 12.6 Å². The molecule has 0 bridgehead atoms. The minimum Gasteiger partial charge on any atom is -0.393 e. The van der Waals surface area contributed by atoms with E-state index in [0.29, 0.717) is 26.2 Å². The molecule has 5 nitrogen and oxygen atoms in total. The predicted octanol–water partition coefficient (Wildman–Crippen LogP) is 2.42. The Labute approximate surface area is 145 Å². The molecular formula is C19H30N2O3. The molecule has 1 saturated heterocycles. The Morgan fingerprint density at radius 3 is 2.62 bits per heavy atom. The van der Waals surface area contributed by atoms with Crippen molar-refractivity contribution < 1.29 is 14.6 Å². The van der Waals surface area contributed by atoms with Gasteiger partial charge in [-0.25, -0.2) is 4.79 Å². The zero-order chi connectivity index (χ0) is 17.7. The number of aliphatic hydroxyl groups excluding tert-OH is 1. The quantitative estimate of drug-likeness (QED) is 0.869. The Bertz CT molecular complexity index is 539. The molecule has 2 amide bonds. The van der Waals surface area contributed by atoms with E-state index in [0.717, 1.165) is 6.42 Å². The first-order chi connectivity index (χ1) is 11.3. The number of morpholine rings is 1. The van der Waals surface area contributed by atoms with E-state index < -0.39 is 6.10 Å². The summed E-state index contributed by atoms with van der Waals surface area (Å²) in [5, 5.41) is 12.7. The van der Waals surface area contributed by atoms with Crippen LogP contribution >= 0.6 is 0 Å². The van der Waals surface area contributed by atoms with Crippen LogP contribution in [0.1, 0.15) is 37.0 Å². The Kier molecular flexibility index (Phi) is 6.63. The second-order valence-corrected chi connectivity index (χ2v) is 7.06. The fraction of sp³-hybridized carbons (Fsp3) is 0.632. The lowest BCUT2D eigenvalue weighted by Gasteiger charge is -2.37. The van der Waals surface area contributed by atoms with Gasteiger partial charge in [-0.2, -0.15) is 0 Å². The fourth-order valence-electron chi connectivity index (χ4n) is 3.40. The van der Waals surface area contributed by atoms with Gasteiger partial charge in [0.2, 0.25) is 0 Å². The lowest BCUT2D eigenvalue weighted by molar-refractivity contribution is -0.00471. The zero-order valence-corrected chi connectivity index (χ0v) is 15.2. The molecule has 1 aliphatic rings. The second-order valence-electron chi connectivity index (χ2n) is 7.06. The third kappa shape index (κ3) is 5.49. The number of rotatable bonds is 5. The van der Waals surface area contributed by atoms with E-state index in [4.69, 9.17) is 4.74 Å². The highest BCUT2D eigenvalue weighted by molar-refractivity contribution is 5.75. The normalized spacial score (nSPS) is 20.5. The molecule has 1 aliphatic heterocycles. The van der Waals surface area contributed by atoms with Crippen LogP contribution in [0.2, 0.25) is 0 Å². The van der Waals surface area contributed by atoms with Crippen molar-refractivity contribution in [3.8, 4) is 0 Å². The lowest BCUT2D eigenvalue weighted by Crippen LogP contribution is -2.54. The standard InChI is InChI=1S/C19H30N2O3/c1-13-7-14(2)9-17(8-13)10-15(3)20-19(23)21-5-6-24-12-18(21)11-16(4)22/h7-9,15-16,18,22H,5-6,10-12H2,1-4H3,(H,20,23). The van der Waals surface area contributed by atoms with Gasteiger partial charge in [-0.15, -0.1) is 0 Å². The van der Waals surface area contributed by atoms with E-state index in [1.165, 1.54) is 16.7 Å². The third-order valence-corrected chi connectivity index (χ3v) is 4.29. The topological polar surface area (TPSA) is 61.8 Å². The SMILES string of the molecule is Cc1cc(C)cc(CC(C)NC(=O)N2CCOCC2CC(C)O)c1. The van der Waals surface area contributed by atoms with Crippen LogP contribution in [0.15, 0.2) is 18.2 Å². The molecule has 3 atom stereocenters. The van der Waals surface area contributed by atoms with E-state index in [1.54, 1.807) is 11.8 Å². The van der Waals surface area contributed by atoms with E-state index in [2.05, 4.69) is 37.4 Å². The van der Waals surface area contributed by atoms with Crippen LogP contribution in [-0.4, -0.2) is 54.0 Å². The minimum absolute atomic E-state index is 0.0498. The number of ether oxygens (including phenoxy) is 1. The average Bonchev–Trinajstić information content (AvgIpc) is 2.45. The maximum Gasteiger partial charge on any atom is 0.318 e. The molecule has 134 valence electrons. The Morgan fingerprint density at radius 2 is 2.00 bits per heavy atom. The number of aliphatic hydroxyl groups is 1. The van der Waals surface area contributed by atoms with Crippen LogP contribution in [0.5, 0.6) is 0 Å². The van der Waals surface area contributed by atoms with Crippen LogP contribution in [0, 0.1) is 13.8 Å². The summed E-state index contributed by atoms with van der Waals surface area (Å²) in [5.74, 6) is 0. The molecule has 24 heavy (non-hydrogen) atoms. The van der Waals surface area contributed by atoms with Crippen LogP contribution in [0.3, 0.4) is 0 Å². The number of carbonyl (C=O) groups excluding carboxylic acids is 1. The average molecular weight is 334 g/mol. The summed E-state index contributed by atoms with van der Waals surface area (Å²) in [6.07, 6.45) is 0.901. The molecular weight excluding hydrogens is 304 g/mol. The molecule has 0 radical (unpaired) electrons. The van der Waals surface area contributed by atoms with E-state index in [1.807, 2.05) is 6.92 Å². The summed E-state index contributed by atoms with van der Waals surface area (Å²) in [4.78, 5) is 14.4. The number of carbonyl (C=O) groups is 1. The summed E-state index contributed by atoms with van der Waals surface area (Å²) in [6, 6.07) is 6.41. The summed E-state index contributed by atoms with van der Waals surface area (Å²) in [5.41, 5.74) is 3.73. The Morgan fingerprint density at radius 1 is 1.33 bits per heavy atom. The van der Waals surface area contributed by atoms with Gasteiger partial charge >= 0.3 is 6.03 Å². The molecule has 0 aromatic heterocycles. The number of aryl methyl sites for hydroxylation is 2. The highest BCUT2D eigenvalue weighted by Gasteiger charge is 2.28. The van der Waals surface area contributed by atoms with Gasteiger partial charge in [0.25, 0.3) is 0 Å². The molecule has 1 aromatic rings. The first-order valence-electron chi connectivity index (χ1n) is 8.75. The van der Waals surface area contributed by atoms with Crippen LogP contribution < -0.4 is 5.32 Å². The van der Waals surface area contributed by atoms with Gasteiger partial charge in [0.15, 0.2) is 0 Å². The number of hydrogen-bond acceptors (Lipinski definition) is 3. The predicted molar refractivity (Wildman–Crippen MR) is 95.2 cm³/mol. The molecule has 0 spiro atoms. The molecule has 0 saturated carbocycles.